The molecule has 2 heterocycles. The zero-order valence-electron chi connectivity index (χ0n) is 15.0. The molecule has 3 aromatic rings. The Morgan fingerprint density at radius 3 is 2.68 bits per heavy atom. The Bertz CT molecular complexity index is 1050. The Labute approximate surface area is 160 Å². The number of aromatic nitrogens is 2. The van der Waals surface area contributed by atoms with Crippen LogP contribution in [-0.2, 0) is 10.3 Å². The highest BCUT2D eigenvalue weighted by atomic mass is 19.1. The highest BCUT2D eigenvalue weighted by Crippen LogP contribution is 2.36. The van der Waals surface area contributed by atoms with Gasteiger partial charge in [0.1, 0.15) is 5.82 Å². The highest BCUT2D eigenvalue weighted by Gasteiger charge is 2.39. The smallest absolute Gasteiger partial charge is 0.351 e. The van der Waals surface area contributed by atoms with Crippen molar-refractivity contribution in [2.24, 2.45) is 0 Å². The van der Waals surface area contributed by atoms with E-state index in [0.717, 1.165) is 10.9 Å². The van der Waals surface area contributed by atoms with Crippen molar-refractivity contribution in [3.63, 3.8) is 0 Å². The molecule has 2 aromatic carbocycles. The van der Waals surface area contributed by atoms with Gasteiger partial charge in [0.25, 0.3) is 0 Å². The summed E-state index contributed by atoms with van der Waals surface area (Å²) in [7, 11) is 0. The number of carbonyl (C=O) groups is 1. The number of benzene rings is 2. The number of carbonyl (C=O) groups excluding carboxylic acids is 1. The number of hydroxylamine groups is 2. The zero-order valence-corrected chi connectivity index (χ0v) is 15.0. The fraction of sp³-hybridized carbons (Fsp3) is 0.250. The van der Waals surface area contributed by atoms with Crippen LogP contribution in [0, 0.1) is 17.1 Å². The molecule has 1 saturated heterocycles. The van der Waals surface area contributed by atoms with E-state index in [2.05, 4.69) is 21.6 Å². The van der Waals surface area contributed by atoms with Gasteiger partial charge in [0.2, 0.25) is 0 Å². The Balaban J connectivity index is 1.39. The maximum absolute atomic E-state index is 14.2. The number of fused-ring (bicyclic) bond motifs is 1. The second kappa shape index (κ2) is 7.29. The number of hydrogen-bond donors (Lipinski definition) is 2. The van der Waals surface area contributed by atoms with Crippen molar-refractivity contribution in [1.29, 1.82) is 5.26 Å². The van der Waals surface area contributed by atoms with Crippen LogP contribution in [0.15, 0.2) is 48.5 Å². The molecule has 0 atom stereocenters. The van der Waals surface area contributed by atoms with Crippen LogP contribution >= 0.6 is 0 Å². The number of H-pyrrole nitrogens is 1. The van der Waals surface area contributed by atoms with Gasteiger partial charge < -0.3 is 4.84 Å². The molecule has 2 N–H and O–H groups in total. The van der Waals surface area contributed by atoms with Crippen LogP contribution in [0.5, 0.6) is 0 Å². The third-order valence-electron chi connectivity index (χ3n) is 5.08. The summed E-state index contributed by atoms with van der Waals surface area (Å²) >= 11 is 0. The first-order valence-electron chi connectivity index (χ1n) is 8.94. The fourth-order valence-electron chi connectivity index (χ4n) is 3.55. The molecule has 1 amide bonds. The van der Waals surface area contributed by atoms with Crippen LogP contribution < -0.4 is 5.32 Å². The summed E-state index contributed by atoms with van der Waals surface area (Å²) < 4.78 is 14.2. The SMILES string of the molecule is N#CC1(c2ccccc2F)CCN(OC(=O)Nc2n[nH]c3ccccc23)CC1. The van der Waals surface area contributed by atoms with Gasteiger partial charge in [0, 0.05) is 24.0 Å². The molecule has 1 aromatic heterocycles. The van der Waals surface area contributed by atoms with Crippen molar-refractivity contribution < 1.29 is 14.0 Å². The number of para-hydroxylation sites is 1. The Hall–Kier alpha value is -3.44. The van der Waals surface area contributed by atoms with Gasteiger partial charge in [-0.3, -0.25) is 10.4 Å². The second-order valence-corrected chi connectivity index (χ2v) is 6.72. The highest BCUT2D eigenvalue weighted by molar-refractivity contribution is 5.96. The van der Waals surface area contributed by atoms with Crippen LogP contribution in [0.1, 0.15) is 18.4 Å². The van der Waals surface area contributed by atoms with Gasteiger partial charge >= 0.3 is 6.09 Å². The predicted octanol–water partition coefficient (Wildman–Crippen LogP) is 3.72. The number of hydrogen-bond acceptors (Lipinski definition) is 5. The van der Waals surface area contributed by atoms with E-state index in [0.29, 0.717) is 37.3 Å². The number of nitriles is 1. The largest absolute Gasteiger partial charge is 0.432 e. The van der Waals surface area contributed by atoms with Crippen LogP contribution in [0.2, 0.25) is 0 Å². The molecule has 7 nitrogen and oxygen atoms in total. The molecule has 0 spiro atoms. The number of piperidine rings is 1. The first-order chi connectivity index (χ1) is 13.6. The van der Waals surface area contributed by atoms with E-state index in [1.807, 2.05) is 24.3 Å². The van der Waals surface area contributed by atoms with Crippen molar-refractivity contribution in [1.82, 2.24) is 15.3 Å². The lowest BCUT2D eigenvalue weighted by atomic mass is 9.74. The van der Waals surface area contributed by atoms with E-state index >= 15 is 0 Å². The summed E-state index contributed by atoms with van der Waals surface area (Å²) in [5.41, 5.74) is 0.282. The maximum atomic E-state index is 14.2. The van der Waals surface area contributed by atoms with E-state index in [4.69, 9.17) is 4.84 Å². The minimum absolute atomic E-state index is 0.330. The molecule has 142 valence electrons. The molecule has 28 heavy (non-hydrogen) atoms. The van der Waals surface area contributed by atoms with E-state index in [9.17, 15) is 14.4 Å². The first-order valence-corrected chi connectivity index (χ1v) is 8.94. The number of anilines is 1. The van der Waals surface area contributed by atoms with E-state index < -0.39 is 11.5 Å². The third-order valence-corrected chi connectivity index (χ3v) is 5.08. The molecule has 0 saturated carbocycles. The average molecular weight is 379 g/mol. The van der Waals surface area contributed by atoms with Crippen LogP contribution in [0.25, 0.3) is 10.9 Å². The van der Waals surface area contributed by atoms with Gasteiger partial charge in [0.05, 0.1) is 17.0 Å². The molecule has 0 unspecified atom stereocenters. The topological polar surface area (TPSA) is 94.0 Å². The van der Waals surface area contributed by atoms with Crippen LogP contribution in [-0.4, -0.2) is 34.4 Å². The van der Waals surface area contributed by atoms with Crippen molar-refractivity contribution >= 4 is 22.8 Å². The zero-order chi connectivity index (χ0) is 19.6. The van der Waals surface area contributed by atoms with Gasteiger partial charge in [-0.1, -0.05) is 30.3 Å². The molecule has 4 rings (SSSR count). The summed E-state index contributed by atoms with van der Waals surface area (Å²) in [6, 6.07) is 16.0. The monoisotopic (exact) mass is 379 g/mol. The minimum atomic E-state index is -0.917. The van der Waals surface area contributed by atoms with Gasteiger partial charge in [-0.2, -0.15) is 10.4 Å². The lowest BCUT2D eigenvalue weighted by molar-refractivity contribution is -0.113. The molecule has 0 bridgehead atoms. The average Bonchev–Trinajstić information content (AvgIpc) is 3.12. The number of amides is 1. The van der Waals surface area contributed by atoms with Crippen molar-refractivity contribution in [3.8, 4) is 6.07 Å². The Morgan fingerprint density at radius 1 is 1.21 bits per heavy atom. The molecular weight excluding hydrogens is 361 g/mol. The fourth-order valence-corrected chi connectivity index (χ4v) is 3.55. The van der Waals surface area contributed by atoms with Crippen molar-refractivity contribution in [3.05, 3.63) is 59.9 Å². The van der Waals surface area contributed by atoms with Gasteiger partial charge in [0.15, 0.2) is 5.82 Å². The van der Waals surface area contributed by atoms with Gasteiger partial charge in [-0.25, -0.2) is 9.18 Å². The Morgan fingerprint density at radius 2 is 1.93 bits per heavy atom. The van der Waals surface area contributed by atoms with E-state index in [1.165, 1.54) is 11.1 Å². The number of nitrogens with zero attached hydrogens (tertiary/aromatic N) is 3. The number of aromatic amines is 1. The second-order valence-electron chi connectivity index (χ2n) is 6.72. The third kappa shape index (κ3) is 3.28. The molecule has 1 aliphatic heterocycles. The molecule has 8 heteroatoms. The normalized spacial score (nSPS) is 16.4. The first kappa shape index (κ1) is 17.9. The van der Waals surface area contributed by atoms with E-state index in [-0.39, 0.29) is 5.82 Å². The summed E-state index contributed by atoms with van der Waals surface area (Å²) in [6.07, 6.45) is 0.0686. The summed E-state index contributed by atoms with van der Waals surface area (Å²) in [5, 5.41) is 21.5. The van der Waals surface area contributed by atoms with Crippen molar-refractivity contribution in [2.45, 2.75) is 18.3 Å². The minimum Gasteiger partial charge on any atom is -0.351 e. The molecule has 1 aliphatic rings. The summed E-state index contributed by atoms with van der Waals surface area (Å²) in [5.74, 6) is -0.00286. The Kier molecular flexibility index (Phi) is 4.67. The number of halogens is 1. The quantitative estimate of drug-likeness (QED) is 0.723. The molecular formula is C20H18FN5O2. The van der Waals surface area contributed by atoms with Crippen LogP contribution in [0.4, 0.5) is 15.0 Å². The summed E-state index contributed by atoms with van der Waals surface area (Å²) in [4.78, 5) is 17.6. The number of rotatable bonds is 3. The standard InChI is InChI=1S/C20H18FN5O2/c21-16-7-3-2-6-15(16)20(13-22)9-11-26(12-10-20)28-19(27)23-18-14-5-1-4-8-17(14)24-25-18/h1-8H,9-12H2,(H2,23,24,25,27). The van der Waals surface area contributed by atoms with E-state index in [1.54, 1.807) is 18.2 Å². The maximum Gasteiger partial charge on any atom is 0.432 e. The van der Waals surface area contributed by atoms with Crippen molar-refractivity contribution in [2.75, 3.05) is 18.4 Å². The lowest BCUT2D eigenvalue weighted by Gasteiger charge is -2.36. The molecule has 1 fully saturated rings. The number of nitrogens with one attached hydrogen (secondary N) is 2. The van der Waals surface area contributed by atoms with Gasteiger partial charge in [-0.15, -0.1) is 5.06 Å². The summed E-state index contributed by atoms with van der Waals surface area (Å²) in [6.45, 7) is 0.660. The molecule has 0 radical (unpaired) electrons. The van der Waals surface area contributed by atoms with Crippen LogP contribution in [0.3, 0.4) is 0 Å². The predicted molar refractivity (Wildman–Crippen MR) is 101 cm³/mol. The lowest BCUT2D eigenvalue weighted by Crippen LogP contribution is -2.43. The van der Waals surface area contributed by atoms with Gasteiger partial charge in [-0.05, 0) is 31.0 Å². The molecule has 0 aliphatic carbocycles.